The van der Waals surface area contributed by atoms with Crippen LogP contribution in [0.1, 0.15) is 18.1 Å². The predicted octanol–water partition coefficient (Wildman–Crippen LogP) is 3.16. The summed E-state index contributed by atoms with van der Waals surface area (Å²) >= 11 is 1.00. The number of sulfonamides is 1. The van der Waals surface area contributed by atoms with E-state index in [4.69, 9.17) is 0 Å². The molecule has 1 atom stereocenters. The molecule has 0 fully saturated rings. The van der Waals surface area contributed by atoms with Crippen LogP contribution < -0.4 is 4.72 Å². The first-order valence-corrected chi connectivity index (χ1v) is 11.0. The van der Waals surface area contributed by atoms with Crippen LogP contribution in [0.3, 0.4) is 0 Å². The van der Waals surface area contributed by atoms with Crippen LogP contribution in [0.2, 0.25) is 0 Å². The van der Waals surface area contributed by atoms with E-state index in [2.05, 4.69) is 16.4 Å². The van der Waals surface area contributed by atoms with E-state index >= 15 is 0 Å². The molecule has 0 radical (unpaired) electrons. The van der Waals surface area contributed by atoms with Crippen molar-refractivity contribution in [2.45, 2.75) is 30.0 Å². The topological polar surface area (TPSA) is 101 Å². The largest absolute Gasteiger partial charge is 0.480 e. The number of carboxylic acid groups (broad SMARTS) is 1. The molecule has 0 spiro atoms. The molecule has 2 heterocycles. The summed E-state index contributed by atoms with van der Waals surface area (Å²) in [6.45, 7) is 7.15. The highest BCUT2D eigenvalue weighted by Crippen LogP contribution is 2.29. The van der Waals surface area contributed by atoms with Crippen LogP contribution in [-0.4, -0.2) is 34.8 Å². The third kappa shape index (κ3) is 4.31. The number of aromatic nitrogens is 2. The number of carboxylic acids is 1. The number of thiophene rings is 1. The second kappa shape index (κ2) is 7.94. The first-order valence-electron chi connectivity index (χ1n) is 8.73. The molecule has 3 rings (SSSR count). The van der Waals surface area contributed by atoms with Gasteiger partial charge in [0.2, 0.25) is 0 Å². The molecule has 3 aromatic rings. The summed E-state index contributed by atoms with van der Waals surface area (Å²) in [6, 6.07) is 11.9. The van der Waals surface area contributed by atoms with Crippen molar-refractivity contribution in [1.82, 2.24) is 14.5 Å². The molecule has 1 aromatic carbocycles. The third-order valence-electron chi connectivity index (χ3n) is 4.48. The van der Waals surface area contributed by atoms with Gasteiger partial charge in [-0.25, -0.2) is 17.9 Å². The monoisotopic (exact) mass is 431 g/mol. The standard InChI is InChI=1S/C20H21N3O4S2/c1-14(2)20(19(24)25,11-16-7-5-4-6-8-16)22-29(26,27)18-10-9-17(28-18)23-13-15(3)12-21-23/h4-10,12-13,22H,1,11H2,2-3H3,(H,24,25)/t20-/m1/s1. The van der Waals surface area contributed by atoms with E-state index < -0.39 is 21.5 Å². The van der Waals surface area contributed by atoms with E-state index in [1.165, 1.54) is 13.0 Å². The summed E-state index contributed by atoms with van der Waals surface area (Å²) in [7, 11) is -4.12. The Kier molecular flexibility index (Phi) is 5.74. The first-order chi connectivity index (χ1) is 13.6. The van der Waals surface area contributed by atoms with Crippen LogP contribution in [0.5, 0.6) is 0 Å². The molecule has 0 bridgehead atoms. The Morgan fingerprint density at radius 1 is 1.28 bits per heavy atom. The van der Waals surface area contributed by atoms with E-state index in [1.807, 2.05) is 6.92 Å². The number of benzene rings is 1. The Labute approximate surface area is 173 Å². The van der Waals surface area contributed by atoms with Gasteiger partial charge >= 0.3 is 5.97 Å². The van der Waals surface area contributed by atoms with Gasteiger partial charge in [-0.15, -0.1) is 11.3 Å². The van der Waals surface area contributed by atoms with Crippen molar-refractivity contribution in [3.8, 4) is 5.00 Å². The van der Waals surface area contributed by atoms with Crippen LogP contribution in [0, 0.1) is 6.92 Å². The molecule has 0 aliphatic carbocycles. The van der Waals surface area contributed by atoms with Gasteiger partial charge in [-0.1, -0.05) is 36.9 Å². The van der Waals surface area contributed by atoms with E-state index in [9.17, 15) is 18.3 Å². The molecule has 0 saturated carbocycles. The van der Waals surface area contributed by atoms with E-state index in [0.29, 0.717) is 10.6 Å². The summed E-state index contributed by atoms with van der Waals surface area (Å²) in [6.07, 6.45) is 3.39. The van der Waals surface area contributed by atoms with Gasteiger partial charge in [-0.05, 0) is 42.7 Å². The number of aliphatic carboxylic acids is 1. The van der Waals surface area contributed by atoms with Gasteiger partial charge in [-0.3, -0.25) is 0 Å². The molecule has 7 nitrogen and oxygen atoms in total. The highest BCUT2D eigenvalue weighted by molar-refractivity contribution is 7.91. The van der Waals surface area contributed by atoms with Crippen LogP contribution >= 0.6 is 11.3 Å². The number of nitrogens with zero attached hydrogens (tertiary/aromatic N) is 2. The smallest absolute Gasteiger partial charge is 0.329 e. The number of aryl methyl sites for hydroxylation is 1. The summed E-state index contributed by atoms with van der Waals surface area (Å²) in [5, 5.41) is 14.7. The predicted molar refractivity (Wildman–Crippen MR) is 112 cm³/mol. The highest BCUT2D eigenvalue weighted by atomic mass is 32.2. The second-order valence-corrected chi connectivity index (χ2v) is 9.79. The summed E-state index contributed by atoms with van der Waals surface area (Å²) in [5.74, 6) is -1.31. The number of hydrogen-bond donors (Lipinski definition) is 2. The van der Waals surface area contributed by atoms with Crippen molar-refractivity contribution in [3.63, 3.8) is 0 Å². The van der Waals surface area contributed by atoms with Crippen molar-refractivity contribution < 1.29 is 18.3 Å². The summed E-state index contributed by atoms with van der Waals surface area (Å²) in [4.78, 5) is 12.2. The molecule has 0 amide bonds. The van der Waals surface area contributed by atoms with Gasteiger partial charge < -0.3 is 5.11 Å². The quantitative estimate of drug-likeness (QED) is 0.534. The van der Waals surface area contributed by atoms with Crippen molar-refractivity contribution in [2.75, 3.05) is 0 Å². The van der Waals surface area contributed by atoms with Crippen molar-refractivity contribution in [3.05, 3.63) is 78.1 Å². The molecular formula is C20H21N3O4S2. The van der Waals surface area contributed by atoms with Crippen LogP contribution in [0.15, 0.2) is 71.2 Å². The Balaban J connectivity index is 1.97. The molecule has 0 unspecified atom stereocenters. The van der Waals surface area contributed by atoms with Gasteiger partial charge in [0.05, 0.1) is 6.20 Å². The maximum absolute atomic E-state index is 13.1. The number of carbonyl (C=O) groups is 1. The zero-order chi connectivity index (χ0) is 21.2. The van der Waals surface area contributed by atoms with Crippen molar-refractivity contribution >= 4 is 27.3 Å². The molecule has 152 valence electrons. The fraction of sp³-hybridized carbons (Fsp3) is 0.200. The van der Waals surface area contributed by atoms with E-state index in [-0.39, 0.29) is 16.2 Å². The Morgan fingerprint density at radius 3 is 2.52 bits per heavy atom. The Morgan fingerprint density at radius 2 is 1.97 bits per heavy atom. The molecular weight excluding hydrogens is 410 g/mol. The van der Waals surface area contributed by atoms with Gasteiger partial charge in [0.25, 0.3) is 10.0 Å². The fourth-order valence-corrected chi connectivity index (χ4v) is 5.50. The molecule has 2 aromatic heterocycles. The molecule has 0 saturated heterocycles. The van der Waals surface area contributed by atoms with Gasteiger partial charge in [0.1, 0.15) is 9.21 Å². The Hall–Kier alpha value is -2.75. The number of rotatable bonds is 8. The minimum absolute atomic E-state index is 0.000546. The van der Waals surface area contributed by atoms with Crippen LogP contribution in [0.4, 0.5) is 0 Å². The van der Waals surface area contributed by atoms with Crippen molar-refractivity contribution in [2.24, 2.45) is 0 Å². The van der Waals surface area contributed by atoms with Crippen LogP contribution in [0.25, 0.3) is 5.00 Å². The minimum atomic E-state index is -4.12. The lowest BCUT2D eigenvalue weighted by atomic mass is 9.86. The lowest BCUT2D eigenvalue weighted by Gasteiger charge is -2.30. The number of nitrogens with one attached hydrogen (secondary N) is 1. The van der Waals surface area contributed by atoms with Gasteiger partial charge in [0, 0.05) is 12.6 Å². The SMILES string of the molecule is C=C(C)[C@@](Cc1ccccc1)(NS(=O)(=O)c1ccc(-n2cc(C)cn2)s1)C(=O)O. The lowest BCUT2D eigenvalue weighted by Crippen LogP contribution is -2.56. The fourth-order valence-electron chi connectivity index (χ4n) is 2.87. The lowest BCUT2D eigenvalue weighted by molar-refractivity contribution is -0.142. The summed E-state index contributed by atoms with van der Waals surface area (Å²) < 4.78 is 30.1. The van der Waals surface area contributed by atoms with Gasteiger partial charge in [0.15, 0.2) is 5.54 Å². The molecule has 29 heavy (non-hydrogen) atoms. The van der Waals surface area contributed by atoms with E-state index in [0.717, 1.165) is 16.9 Å². The molecule has 9 heteroatoms. The Bertz CT molecular complexity index is 1130. The highest BCUT2D eigenvalue weighted by Gasteiger charge is 2.44. The average molecular weight is 432 g/mol. The minimum Gasteiger partial charge on any atom is -0.480 e. The maximum atomic E-state index is 13.1. The second-order valence-electron chi connectivity index (χ2n) is 6.81. The molecule has 2 N–H and O–H groups in total. The zero-order valence-corrected chi connectivity index (χ0v) is 17.6. The van der Waals surface area contributed by atoms with Gasteiger partial charge in [-0.2, -0.15) is 9.82 Å². The van der Waals surface area contributed by atoms with Crippen LogP contribution in [-0.2, 0) is 21.2 Å². The number of hydrogen-bond acceptors (Lipinski definition) is 5. The molecule has 0 aliphatic heterocycles. The average Bonchev–Trinajstić information content (AvgIpc) is 3.30. The van der Waals surface area contributed by atoms with Crippen molar-refractivity contribution in [1.29, 1.82) is 0 Å². The summed E-state index contributed by atoms with van der Waals surface area (Å²) in [5.41, 5.74) is -0.0561. The first kappa shape index (κ1) is 21.0. The molecule has 0 aliphatic rings. The normalized spacial score (nSPS) is 13.7. The van der Waals surface area contributed by atoms with E-state index in [1.54, 1.807) is 53.5 Å². The zero-order valence-electron chi connectivity index (χ0n) is 16.0. The maximum Gasteiger partial charge on any atom is 0.329 e. The third-order valence-corrected chi connectivity index (χ3v) is 7.54.